The SMILES string of the molecule is Cc1ccc2cc3c(ccc4c5cc(C)sc5cc(C)c34)cc2c1. The molecule has 0 aliphatic rings. The maximum absolute atomic E-state index is 2.37. The highest BCUT2D eigenvalue weighted by molar-refractivity contribution is 7.19. The molecule has 0 bridgehead atoms. The number of aryl methyl sites for hydroxylation is 3. The molecule has 0 fully saturated rings. The summed E-state index contributed by atoms with van der Waals surface area (Å²) < 4.78 is 1.40. The molecule has 4 aromatic carbocycles. The third-order valence-corrected chi connectivity index (χ3v) is 6.05. The molecule has 0 amide bonds. The van der Waals surface area contributed by atoms with E-state index in [9.17, 15) is 0 Å². The Morgan fingerprint density at radius 2 is 1.46 bits per heavy atom. The van der Waals surface area contributed by atoms with Gasteiger partial charge in [-0.1, -0.05) is 35.9 Å². The van der Waals surface area contributed by atoms with E-state index >= 15 is 0 Å². The van der Waals surface area contributed by atoms with Crippen LogP contribution in [0.1, 0.15) is 16.0 Å². The van der Waals surface area contributed by atoms with Gasteiger partial charge in [0.05, 0.1) is 0 Å². The summed E-state index contributed by atoms with van der Waals surface area (Å²) in [6.07, 6.45) is 0. The van der Waals surface area contributed by atoms with Gasteiger partial charge in [0, 0.05) is 15.0 Å². The Hall–Kier alpha value is -2.38. The first kappa shape index (κ1) is 14.0. The van der Waals surface area contributed by atoms with Crippen molar-refractivity contribution in [1.29, 1.82) is 0 Å². The maximum atomic E-state index is 2.37. The molecule has 5 rings (SSSR count). The second kappa shape index (κ2) is 4.81. The number of fused-ring (bicyclic) bond motifs is 6. The zero-order valence-corrected chi connectivity index (χ0v) is 14.9. The number of thiophene rings is 1. The van der Waals surface area contributed by atoms with Gasteiger partial charge in [-0.25, -0.2) is 0 Å². The molecular formula is C23H18S. The molecule has 116 valence electrons. The lowest BCUT2D eigenvalue weighted by Gasteiger charge is -2.10. The molecule has 0 saturated carbocycles. The van der Waals surface area contributed by atoms with Crippen molar-refractivity contribution in [2.45, 2.75) is 20.8 Å². The molecule has 0 atom stereocenters. The van der Waals surface area contributed by atoms with Gasteiger partial charge < -0.3 is 0 Å². The van der Waals surface area contributed by atoms with E-state index in [4.69, 9.17) is 0 Å². The van der Waals surface area contributed by atoms with Gasteiger partial charge in [0.25, 0.3) is 0 Å². The average Bonchev–Trinajstić information content (AvgIpc) is 2.92. The van der Waals surface area contributed by atoms with Crippen molar-refractivity contribution in [2.75, 3.05) is 0 Å². The highest BCUT2D eigenvalue weighted by Crippen LogP contribution is 2.38. The van der Waals surface area contributed by atoms with Gasteiger partial charge in [-0.3, -0.25) is 0 Å². The van der Waals surface area contributed by atoms with E-state index in [0.717, 1.165) is 0 Å². The molecule has 0 aliphatic heterocycles. The Labute approximate surface area is 145 Å². The quantitative estimate of drug-likeness (QED) is 0.207. The van der Waals surface area contributed by atoms with E-state index in [0.29, 0.717) is 0 Å². The predicted octanol–water partition coefficient (Wildman–Crippen LogP) is 7.29. The second-order valence-corrected chi connectivity index (χ2v) is 8.16. The lowest BCUT2D eigenvalue weighted by Crippen LogP contribution is -1.84. The van der Waals surface area contributed by atoms with Crippen molar-refractivity contribution in [1.82, 2.24) is 0 Å². The van der Waals surface area contributed by atoms with Crippen molar-refractivity contribution in [3.8, 4) is 0 Å². The Kier molecular flexibility index (Phi) is 2.81. The minimum atomic E-state index is 1.31. The maximum Gasteiger partial charge on any atom is 0.0354 e. The largest absolute Gasteiger partial charge is 0.141 e. The van der Waals surface area contributed by atoms with Crippen LogP contribution in [0.15, 0.2) is 54.6 Å². The number of benzene rings is 4. The van der Waals surface area contributed by atoms with Crippen LogP contribution in [-0.2, 0) is 0 Å². The summed E-state index contributed by atoms with van der Waals surface area (Å²) >= 11 is 1.89. The van der Waals surface area contributed by atoms with Crippen LogP contribution in [0, 0.1) is 20.8 Å². The van der Waals surface area contributed by atoms with Crippen molar-refractivity contribution in [3.63, 3.8) is 0 Å². The van der Waals surface area contributed by atoms with Crippen LogP contribution >= 0.6 is 11.3 Å². The lowest BCUT2D eigenvalue weighted by atomic mass is 9.94. The zero-order chi connectivity index (χ0) is 16.4. The molecular weight excluding hydrogens is 308 g/mol. The molecule has 0 saturated heterocycles. The molecule has 24 heavy (non-hydrogen) atoms. The second-order valence-electron chi connectivity index (χ2n) is 6.87. The first-order valence-corrected chi connectivity index (χ1v) is 9.18. The van der Waals surface area contributed by atoms with E-state index in [1.165, 1.54) is 58.4 Å². The van der Waals surface area contributed by atoms with E-state index in [1.807, 2.05) is 11.3 Å². The average molecular weight is 326 g/mol. The molecule has 0 unspecified atom stereocenters. The van der Waals surface area contributed by atoms with Crippen LogP contribution in [0.4, 0.5) is 0 Å². The summed E-state index contributed by atoms with van der Waals surface area (Å²) in [5.74, 6) is 0. The minimum absolute atomic E-state index is 1.31. The fourth-order valence-corrected chi connectivity index (χ4v) is 5.00. The van der Waals surface area contributed by atoms with Gasteiger partial charge in [-0.2, -0.15) is 0 Å². The van der Waals surface area contributed by atoms with E-state index in [2.05, 4.69) is 75.4 Å². The zero-order valence-electron chi connectivity index (χ0n) is 14.1. The molecule has 5 aromatic rings. The topological polar surface area (TPSA) is 0 Å². The minimum Gasteiger partial charge on any atom is -0.141 e. The molecule has 0 N–H and O–H groups in total. The van der Waals surface area contributed by atoms with Gasteiger partial charge in [0.2, 0.25) is 0 Å². The summed E-state index contributed by atoms with van der Waals surface area (Å²) in [5.41, 5.74) is 2.69. The molecule has 1 heterocycles. The monoisotopic (exact) mass is 326 g/mol. The van der Waals surface area contributed by atoms with Crippen LogP contribution in [-0.4, -0.2) is 0 Å². The smallest absolute Gasteiger partial charge is 0.0354 e. The third-order valence-electron chi connectivity index (χ3n) is 5.05. The molecule has 0 radical (unpaired) electrons. The fraction of sp³-hybridized carbons (Fsp3) is 0.130. The van der Waals surface area contributed by atoms with Crippen LogP contribution in [0.3, 0.4) is 0 Å². The lowest BCUT2D eigenvalue weighted by molar-refractivity contribution is 1.51. The summed E-state index contributed by atoms with van der Waals surface area (Å²) in [6.45, 7) is 6.60. The number of hydrogen-bond acceptors (Lipinski definition) is 1. The fourth-order valence-electron chi connectivity index (χ4n) is 3.96. The molecule has 0 nitrogen and oxygen atoms in total. The normalized spacial score (nSPS) is 12.0. The molecule has 1 aromatic heterocycles. The van der Waals surface area contributed by atoms with Crippen molar-refractivity contribution >= 4 is 53.7 Å². The highest BCUT2D eigenvalue weighted by Gasteiger charge is 2.10. The van der Waals surface area contributed by atoms with Gasteiger partial charge in [0.15, 0.2) is 0 Å². The Bertz CT molecular complexity index is 1270. The summed E-state index contributed by atoms with van der Waals surface area (Å²) in [4.78, 5) is 1.38. The van der Waals surface area contributed by atoms with Crippen LogP contribution in [0.2, 0.25) is 0 Å². The van der Waals surface area contributed by atoms with Gasteiger partial charge in [-0.05, 0) is 82.9 Å². The van der Waals surface area contributed by atoms with E-state index in [1.54, 1.807) is 0 Å². The number of rotatable bonds is 0. The van der Waals surface area contributed by atoms with Crippen molar-refractivity contribution < 1.29 is 0 Å². The van der Waals surface area contributed by atoms with Crippen LogP contribution in [0.25, 0.3) is 42.4 Å². The molecule has 1 heteroatoms. The summed E-state index contributed by atoms with van der Waals surface area (Å²) in [5, 5.41) is 9.52. The van der Waals surface area contributed by atoms with Crippen molar-refractivity contribution in [2.24, 2.45) is 0 Å². The van der Waals surface area contributed by atoms with Gasteiger partial charge in [-0.15, -0.1) is 11.3 Å². The Morgan fingerprint density at radius 3 is 2.33 bits per heavy atom. The van der Waals surface area contributed by atoms with Gasteiger partial charge >= 0.3 is 0 Å². The van der Waals surface area contributed by atoms with Crippen LogP contribution in [0.5, 0.6) is 0 Å². The molecule has 0 spiro atoms. The predicted molar refractivity (Wildman–Crippen MR) is 109 cm³/mol. The summed E-state index contributed by atoms with van der Waals surface area (Å²) in [6, 6.07) is 20.7. The first-order chi connectivity index (χ1) is 11.6. The number of hydrogen-bond donors (Lipinski definition) is 0. The Balaban J connectivity index is 2.02. The third kappa shape index (κ3) is 1.91. The van der Waals surface area contributed by atoms with E-state index in [-0.39, 0.29) is 0 Å². The summed E-state index contributed by atoms with van der Waals surface area (Å²) in [7, 11) is 0. The highest BCUT2D eigenvalue weighted by atomic mass is 32.1. The standard InChI is InChI=1S/C23H18S/c1-13-4-5-16-12-20-17(11-18(16)8-13)6-7-19-21-10-15(3)24-22(21)9-14(2)23(19)20/h4-12H,1-3H3. The first-order valence-electron chi connectivity index (χ1n) is 8.37. The van der Waals surface area contributed by atoms with Crippen LogP contribution < -0.4 is 0 Å². The van der Waals surface area contributed by atoms with Gasteiger partial charge in [0.1, 0.15) is 0 Å². The van der Waals surface area contributed by atoms with Crippen molar-refractivity contribution in [3.05, 3.63) is 70.6 Å². The molecule has 0 aliphatic carbocycles. The van der Waals surface area contributed by atoms with E-state index < -0.39 is 0 Å². The Morgan fingerprint density at radius 1 is 0.625 bits per heavy atom.